The minimum Gasteiger partial charge on any atom is -0.347 e. The van der Waals surface area contributed by atoms with Crippen LogP contribution in [0, 0.1) is 0 Å². The number of carbonyl (C=O) groups is 1. The molecule has 0 aliphatic carbocycles. The maximum Gasteiger partial charge on any atom is 0.237 e. The molecule has 0 bridgehead atoms. The molecule has 0 unspecified atom stereocenters. The maximum absolute atomic E-state index is 11.1. The number of amides is 1. The van der Waals surface area contributed by atoms with Crippen molar-refractivity contribution in [2.45, 2.75) is 19.5 Å². The van der Waals surface area contributed by atoms with Crippen molar-refractivity contribution >= 4 is 5.91 Å². The molecule has 1 heterocycles. The van der Waals surface area contributed by atoms with Gasteiger partial charge in [0.2, 0.25) is 5.91 Å². The summed E-state index contributed by atoms with van der Waals surface area (Å²) in [6.45, 7) is 1.99. The zero-order valence-corrected chi connectivity index (χ0v) is 7.69. The van der Waals surface area contributed by atoms with E-state index in [2.05, 4.69) is 15.5 Å². The number of carbonyl (C=O) groups excluding carboxylic acids is 1. The molecule has 0 aliphatic heterocycles. The lowest BCUT2D eigenvalue weighted by atomic mass is 10.3. The minimum absolute atomic E-state index is 0.192. The third-order valence-corrected chi connectivity index (χ3v) is 1.64. The molecule has 0 aliphatic rings. The third-order valence-electron chi connectivity index (χ3n) is 1.64. The molecule has 0 saturated carbocycles. The Morgan fingerprint density at radius 3 is 3.00 bits per heavy atom. The van der Waals surface area contributed by atoms with E-state index in [-0.39, 0.29) is 5.91 Å². The predicted octanol–water partition coefficient (Wildman–Crippen LogP) is -1.22. The summed E-state index contributed by atoms with van der Waals surface area (Å²) >= 11 is 0. The number of nitrogens with one attached hydrogen (secondary N) is 1. The van der Waals surface area contributed by atoms with Crippen molar-refractivity contribution in [2.24, 2.45) is 12.8 Å². The summed E-state index contributed by atoms with van der Waals surface area (Å²) in [5.41, 5.74) is 5.36. The molecule has 0 saturated heterocycles. The molecule has 6 nitrogen and oxygen atoms in total. The van der Waals surface area contributed by atoms with Gasteiger partial charge in [-0.3, -0.25) is 4.79 Å². The first-order valence-electron chi connectivity index (χ1n) is 3.97. The number of hydrogen-bond acceptors (Lipinski definition) is 4. The van der Waals surface area contributed by atoms with Crippen LogP contribution in [0.3, 0.4) is 0 Å². The van der Waals surface area contributed by atoms with Gasteiger partial charge in [0, 0.05) is 7.05 Å². The largest absolute Gasteiger partial charge is 0.347 e. The summed E-state index contributed by atoms with van der Waals surface area (Å²) in [6.07, 6.45) is 1.58. The number of aromatic nitrogens is 3. The monoisotopic (exact) mass is 183 g/mol. The van der Waals surface area contributed by atoms with Crippen LogP contribution in [0.25, 0.3) is 0 Å². The van der Waals surface area contributed by atoms with Crippen molar-refractivity contribution in [1.82, 2.24) is 20.1 Å². The average molecular weight is 183 g/mol. The third kappa shape index (κ3) is 2.51. The zero-order valence-electron chi connectivity index (χ0n) is 7.69. The molecule has 1 rings (SSSR count). The lowest BCUT2D eigenvalue weighted by Crippen LogP contribution is -2.38. The first-order valence-corrected chi connectivity index (χ1v) is 3.97. The van der Waals surface area contributed by atoms with Crippen LogP contribution in [-0.4, -0.2) is 26.7 Å². The van der Waals surface area contributed by atoms with Crippen molar-refractivity contribution in [3.8, 4) is 0 Å². The van der Waals surface area contributed by atoms with Crippen LogP contribution in [0.1, 0.15) is 12.7 Å². The highest BCUT2D eigenvalue weighted by molar-refractivity contribution is 5.80. The van der Waals surface area contributed by atoms with Crippen molar-refractivity contribution in [3.05, 3.63) is 12.2 Å². The van der Waals surface area contributed by atoms with E-state index < -0.39 is 6.04 Å². The van der Waals surface area contributed by atoms with Gasteiger partial charge >= 0.3 is 0 Å². The van der Waals surface area contributed by atoms with E-state index in [9.17, 15) is 4.79 Å². The summed E-state index contributed by atoms with van der Waals surface area (Å²) in [4.78, 5) is 11.1. The molecule has 1 atom stereocenters. The van der Waals surface area contributed by atoms with Crippen molar-refractivity contribution in [3.63, 3.8) is 0 Å². The molecule has 13 heavy (non-hydrogen) atoms. The van der Waals surface area contributed by atoms with Gasteiger partial charge < -0.3 is 15.6 Å². The standard InChI is InChI=1S/C7H13N5O/c1-5(8)7(13)9-3-6-11-10-4-12(6)2/h4-5H,3,8H2,1-2H3,(H,9,13)/t5-/m0/s1. The lowest BCUT2D eigenvalue weighted by Gasteiger charge is -2.06. The molecule has 3 N–H and O–H groups in total. The van der Waals surface area contributed by atoms with Crippen LogP contribution in [0.15, 0.2) is 6.33 Å². The van der Waals surface area contributed by atoms with E-state index in [1.54, 1.807) is 17.8 Å². The number of nitrogens with zero attached hydrogens (tertiary/aromatic N) is 3. The second-order valence-electron chi connectivity index (χ2n) is 2.86. The number of hydrogen-bond donors (Lipinski definition) is 2. The van der Waals surface area contributed by atoms with E-state index in [4.69, 9.17) is 5.73 Å². The summed E-state index contributed by atoms with van der Waals surface area (Å²) in [6, 6.07) is -0.492. The van der Waals surface area contributed by atoms with Crippen LogP contribution in [-0.2, 0) is 18.4 Å². The Morgan fingerprint density at radius 1 is 1.85 bits per heavy atom. The Bertz CT molecular complexity index is 293. The van der Waals surface area contributed by atoms with Gasteiger partial charge in [-0.2, -0.15) is 0 Å². The van der Waals surface area contributed by atoms with E-state index in [1.807, 2.05) is 7.05 Å². The van der Waals surface area contributed by atoms with Gasteiger partial charge in [-0.25, -0.2) is 0 Å². The van der Waals surface area contributed by atoms with Gasteiger partial charge in [0.25, 0.3) is 0 Å². The average Bonchev–Trinajstić information content (AvgIpc) is 2.47. The Morgan fingerprint density at radius 2 is 2.54 bits per heavy atom. The normalized spacial score (nSPS) is 12.5. The lowest BCUT2D eigenvalue weighted by molar-refractivity contribution is -0.122. The topological polar surface area (TPSA) is 85.8 Å². The molecule has 1 amide bonds. The van der Waals surface area contributed by atoms with Crippen LogP contribution in [0.4, 0.5) is 0 Å². The molecule has 1 aromatic heterocycles. The van der Waals surface area contributed by atoms with Crippen molar-refractivity contribution < 1.29 is 4.79 Å². The Labute approximate surface area is 76.1 Å². The summed E-state index contributed by atoms with van der Waals surface area (Å²) in [5, 5.41) is 10.1. The number of rotatable bonds is 3. The van der Waals surface area contributed by atoms with E-state index >= 15 is 0 Å². The quantitative estimate of drug-likeness (QED) is 0.615. The van der Waals surface area contributed by atoms with Gasteiger partial charge in [0.1, 0.15) is 6.33 Å². The van der Waals surface area contributed by atoms with Crippen LogP contribution >= 0.6 is 0 Å². The van der Waals surface area contributed by atoms with Gasteiger partial charge in [-0.1, -0.05) is 0 Å². The number of aryl methyl sites for hydroxylation is 1. The van der Waals surface area contributed by atoms with Crippen LogP contribution < -0.4 is 11.1 Å². The molecule has 1 aromatic rings. The van der Waals surface area contributed by atoms with E-state index in [1.165, 1.54) is 0 Å². The Balaban J connectivity index is 2.44. The highest BCUT2D eigenvalue weighted by Crippen LogP contribution is 1.90. The highest BCUT2D eigenvalue weighted by atomic mass is 16.2. The van der Waals surface area contributed by atoms with Gasteiger partial charge in [-0.15, -0.1) is 10.2 Å². The second kappa shape index (κ2) is 3.99. The maximum atomic E-state index is 11.1. The van der Waals surface area contributed by atoms with Crippen molar-refractivity contribution in [1.29, 1.82) is 0 Å². The number of nitrogens with two attached hydrogens (primary N) is 1. The molecule has 0 spiro atoms. The molecular weight excluding hydrogens is 170 g/mol. The SMILES string of the molecule is C[C@H](N)C(=O)NCc1nncn1C. The zero-order chi connectivity index (χ0) is 9.84. The van der Waals surface area contributed by atoms with Gasteiger partial charge in [0.05, 0.1) is 12.6 Å². The summed E-state index contributed by atoms with van der Waals surface area (Å²) in [5.74, 6) is 0.511. The van der Waals surface area contributed by atoms with Crippen LogP contribution in [0.5, 0.6) is 0 Å². The smallest absolute Gasteiger partial charge is 0.237 e. The first-order chi connectivity index (χ1) is 6.11. The van der Waals surface area contributed by atoms with E-state index in [0.29, 0.717) is 12.4 Å². The molecule has 0 fully saturated rings. The molecule has 72 valence electrons. The molecule has 0 aromatic carbocycles. The fourth-order valence-electron chi connectivity index (χ4n) is 0.794. The fourth-order valence-corrected chi connectivity index (χ4v) is 0.794. The minimum atomic E-state index is -0.492. The van der Waals surface area contributed by atoms with Crippen molar-refractivity contribution in [2.75, 3.05) is 0 Å². The molecule has 6 heteroatoms. The van der Waals surface area contributed by atoms with Gasteiger partial charge in [-0.05, 0) is 6.92 Å². The Kier molecular flexibility index (Phi) is 2.97. The summed E-state index contributed by atoms with van der Waals surface area (Å²) in [7, 11) is 1.81. The molecule has 0 radical (unpaired) electrons. The summed E-state index contributed by atoms with van der Waals surface area (Å²) < 4.78 is 1.74. The molecular formula is C7H13N5O. The van der Waals surface area contributed by atoms with Crippen LogP contribution in [0.2, 0.25) is 0 Å². The Hall–Kier alpha value is -1.43. The first kappa shape index (κ1) is 9.66. The van der Waals surface area contributed by atoms with Gasteiger partial charge in [0.15, 0.2) is 5.82 Å². The highest BCUT2D eigenvalue weighted by Gasteiger charge is 2.07. The van der Waals surface area contributed by atoms with E-state index in [0.717, 1.165) is 0 Å². The fraction of sp³-hybridized carbons (Fsp3) is 0.571. The predicted molar refractivity (Wildman–Crippen MR) is 46.5 cm³/mol. The second-order valence-corrected chi connectivity index (χ2v) is 2.86.